The summed E-state index contributed by atoms with van der Waals surface area (Å²) >= 11 is 5.95. The summed E-state index contributed by atoms with van der Waals surface area (Å²) < 4.78 is 0. The molecular formula is C11H14Cl2N2O2. The van der Waals surface area contributed by atoms with Gasteiger partial charge in [-0.05, 0) is 25.0 Å². The molecule has 17 heavy (non-hydrogen) atoms. The van der Waals surface area contributed by atoms with Gasteiger partial charge in [0.15, 0.2) is 0 Å². The van der Waals surface area contributed by atoms with Gasteiger partial charge in [0.2, 0.25) is 0 Å². The molecule has 0 fully saturated rings. The Hall–Kier alpha value is -1.10. The van der Waals surface area contributed by atoms with Crippen molar-refractivity contribution in [1.82, 2.24) is 0 Å². The normalized spacial score (nSPS) is 11.5. The predicted octanol–water partition coefficient (Wildman–Crippen LogP) is 3.64. The zero-order valence-electron chi connectivity index (χ0n) is 9.35. The topological polar surface area (TPSA) is 69.2 Å². The lowest BCUT2D eigenvalue weighted by molar-refractivity contribution is -0.384. The number of benzene rings is 1. The summed E-state index contributed by atoms with van der Waals surface area (Å²) in [6, 6.07) is 3.91. The van der Waals surface area contributed by atoms with Crippen LogP contribution in [0, 0.1) is 10.1 Å². The van der Waals surface area contributed by atoms with E-state index in [0.717, 1.165) is 5.57 Å². The highest BCUT2D eigenvalue weighted by Gasteiger charge is 2.15. The van der Waals surface area contributed by atoms with Gasteiger partial charge < -0.3 is 5.73 Å². The number of nitro groups is 1. The first-order chi connectivity index (χ1) is 7.41. The third kappa shape index (κ3) is 4.34. The molecule has 0 aromatic heterocycles. The highest BCUT2D eigenvalue weighted by atomic mass is 35.5. The number of nitrogens with two attached hydrogens (primary N) is 1. The van der Waals surface area contributed by atoms with Crippen molar-refractivity contribution < 1.29 is 4.92 Å². The van der Waals surface area contributed by atoms with Crippen LogP contribution in [0.2, 0.25) is 5.02 Å². The van der Waals surface area contributed by atoms with Crippen LogP contribution in [-0.4, -0.2) is 4.92 Å². The van der Waals surface area contributed by atoms with Crippen LogP contribution in [0.3, 0.4) is 0 Å². The van der Waals surface area contributed by atoms with Crippen molar-refractivity contribution in [2.24, 2.45) is 5.73 Å². The second-order valence-electron chi connectivity index (χ2n) is 3.73. The standard InChI is InChI=1S/C11H13ClN2O2.ClH/c1-7(2)5-11(13)9-6-8(14(15)16)3-4-10(9)12;/h3-4,6,11H,1,5,13H2,2H3;1H/t11-;/m0./s1. The van der Waals surface area contributed by atoms with Gasteiger partial charge in [0.25, 0.3) is 5.69 Å². The van der Waals surface area contributed by atoms with Crippen LogP contribution in [0.25, 0.3) is 0 Å². The molecule has 0 amide bonds. The minimum Gasteiger partial charge on any atom is -0.324 e. The molecule has 4 nitrogen and oxygen atoms in total. The molecule has 1 rings (SSSR count). The minimum absolute atomic E-state index is 0. The number of nitrogens with zero attached hydrogens (tertiary/aromatic N) is 1. The maximum Gasteiger partial charge on any atom is 0.269 e. The number of rotatable bonds is 4. The fraction of sp³-hybridized carbons (Fsp3) is 0.273. The molecule has 0 radical (unpaired) electrons. The number of nitro benzene ring substituents is 1. The van der Waals surface area contributed by atoms with Crippen LogP contribution in [0.1, 0.15) is 24.9 Å². The Labute approximate surface area is 111 Å². The molecule has 0 saturated carbocycles. The molecule has 0 bridgehead atoms. The van der Waals surface area contributed by atoms with Gasteiger partial charge in [-0.2, -0.15) is 0 Å². The Morgan fingerprint density at radius 2 is 2.24 bits per heavy atom. The van der Waals surface area contributed by atoms with Crippen LogP contribution in [-0.2, 0) is 0 Å². The van der Waals surface area contributed by atoms with Gasteiger partial charge >= 0.3 is 0 Å². The van der Waals surface area contributed by atoms with Gasteiger partial charge in [-0.1, -0.05) is 17.2 Å². The van der Waals surface area contributed by atoms with Gasteiger partial charge in [0.05, 0.1) is 4.92 Å². The molecule has 1 aromatic rings. The Bertz CT molecular complexity index is 435. The molecule has 2 N–H and O–H groups in total. The summed E-state index contributed by atoms with van der Waals surface area (Å²) in [4.78, 5) is 10.1. The summed E-state index contributed by atoms with van der Waals surface area (Å²) in [6.07, 6.45) is 0.556. The monoisotopic (exact) mass is 276 g/mol. The number of hydrogen-bond donors (Lipinski definition) is 1. The smallest absolute Gasteiger partial charge is 0.269 e. The highest BCUT2D eigenvalue weighted by Crippen LogP contribution is 2.28. The largest absolute Gasteiger partial charge is 0.324 e. The molecule has 0 aliphatic rings. The second kappa shape index (κ2) is 6.59. The molecule has 0 aliphatic carbocycles. The molecule has 0 saturated heterocycles. The lowest BCUT2D eigenvalue weighted by atomic mass is 10.0. The Morgan fingerprint density at radius 1 is 1.65 bits per heavy atom. The van der Waals surface area contributed by atoms with Crippen LogP contribution in [0.15, 0.2) is 30.4 Å². The molecule has 1 atom stereocenters. The van der Waals surface area contributed by atoms with E-state index in [4.69, 9.17) is 17.3 Å². The molecule has 0 heterocycles. The zero-order valence-corrected chi connectivity index (χ0v) is 10.9. The fourth-order valence-electron chi connectivity index (χ4n) is 1.41. The van der Waals surface area contributed by atoms with E-state index in [2.05, 4.69) is 6.58 Å². The van der Waals surface area contributed by atoms with Crippen LogP contribution in [0.5, 0.6) is 0 Å². The van der Waals surface area contributed by atoms with E-state index in [1.807, 2.05) is 6.92 Å². The SMILES string of the molecule is C=C(C)C[C@H](N)c1cc([N+](=O)[O-])ccc1Cl.Cl. The molecule has 0 aliphatic heterocycles. The second-order valence-corrected chi connectivity index (χ2v) is 4.14. The third-order valence-corrected chi connectivity index (χ3v) is 2.50. The van der Waals surface area contributed by atoms with Crippen molar-refractivity contribution in [2.75, 3.05) is 0 Å². The number of non-ortho nitro benzene ring substituents is 1. The Morgan fingerprint density at radius 3 is 2.71 bits per heavy atom. The van der Waals surface area contributed by atoms with Crippen LogP contribution >= 0.6 is 24.0 Å². The summed E-state index contributed by atoms with van der Waals surface area (Å²) in [6.45, 7) is 5.60. The van der Waals surface area contributed by atoms with E-state index in [9.17, 15) is 10.1 Å². The highest BCUT2D eigenvalue weighted by molar-refractivity contribution is 6.31. The van der Waals surface area contributed by atoms with E-state index >= 15 is 0 Å². The van der Waals surface area contributed by atoms with Gasteiger partial charge in [0.1, 0.15) is 0 Å². The molecule has 1 aromatic carbocycles. The first-order valence-electron chi connectivity index (χ1n) is 4.75. The molecule has 94 valence electrons. The Kier molecular flexibility index (Phi) is 6.16. The van der Waals surface area contributed by atoms with Gasteiger partial charge in [-0.3, -0.25) is 10.1 Å². The average Bonchev–Trinajstić information content (AvgIpc) is 2.16. The summed E-state index contributed by atoms with van der Waals surface area (Å²) in [5.41, 5.74) is 7.39. The minimum atomic E-state index is -0.465. The lowest BCUT2D eigenvalue weighted by Gasteiger charge is -2.13. The zero-order chi connectivity index (χ0) is 12.3. The maximum absolute atomic E-state index is 10.6. The van der Waals surface area contributed by atoms with Crippen molar-refractivity contribution in [2.45, 2.75) is 19.4 Å². The van der Waals surface area contributed by atoms with Crippen molar-refractivity contribution in [3.8, 4) is 0 Å². The van der Waals surface area contributed by atoms with Crippen molar-refractivity contribution in [3.05, 3.63) is 51.1 Å². The summed E-state index contributed by atoms with van der Waals surface area (Å²) in [5, 5.41) is 11.1. The molecule has 0 unspecified atom stereocenters. The third-order valence-electron chi connectivity index (χ3n) is 2.16. The van der Waals surface area contributed by atoms with E-state index in [1.165, 1.54) is 18.2 Å². The first-order valence-corrected chi connectivity index (χ1v) is 5.13. The number of halogens is 2. The lowest BCUT2D eigenvalue weighted by Crippen LogP contribution is -2.11. The van der Waals surface area contributed by atoms with Crippen molar-refractivity contribution in [3.63, 3.8) is 0 Å². The van der Waals surface area contributed by atoms with Crippen LogP contribution in [0.4, 0.5) is 5.69 Å². The Balaban J connectivity index is 0.00000256. The van der Waals surface area contributed by atoms with Crippen molar-refractivity contribution >= 4 is 29.7 Å². The quantitative estimate of drug-likeness (QED) is 0.519. The van der Waals surface area contributed by atoms with E-state index in [-0.39, 0.29) is 24.1 Å². The number of hydrogen-bond acceptors (Lipinski definition) is 3. The van der Waals surface area contributed by atoms with Crippen LogP contribution < -0.4 is 5.73 Å². The summed E-state index contributed by atoms with van der Waals surface area (Å²) in [5.74, 6) is 0. The van der Waals surface area contributed by atoms with Gasteiger partial charge in [0, 0.05) is 23.2 Å². The fourth-order valence-corrected chi connectivity index (χ4v) is 1.67. The van der Waals surface area contributed by atoms with E-state index in [1.54, 1.807) is 0 Å². The molecular weight excluding hydrogens is 263 g/mol. The van der Waals surface area contributed by atoms with Gasteiger partial charge in [-0.15, -0.1) is 19.0 Å². The predicted molar refractivity (Wildman–Crippen MR) is 71.7 cm³/mol. The average molecular weight is 277 g/mol. The first kappa shape index (κ1) is 15.9. The van der Waals surface area contributed by atoms with E-state index < -0.39 is 4.92 Å². The summed E-state index contributed by atoms with van der Waals surface area (Å²) in [7, 11) is 0. The molecule has 0 spiro atoms. The van der Waals surface area contributed by atoms with Crippen molar-refractivity contribution in [1.29, 1.82) is 0 Å². The van der Waals surface area contributed by atoms with E-state index in [0.29, 0.717) is 17.0 Å². The maximum atomic E-state index is 10.6. The molecule has 6 heteroatoms. The van der Waals surface area contributed by atoms with Gasteiger partial charge in [-0.25, -0.2) is 0 Å².